The lowest BCUT2D eigenvalue weighted by Gasteiger charge is -2.35. The Bertz CT molecular complexity index is 1080. The van der Waals surface area contributed by atoms with E-state index in [9.17, 15) is 18.0 Å². The van der Waals surface area contributed by atoms with Gasteiger partial charge in [-0.05, 0) is 56.8 Å². The Balaban J connectivity index is 1.45. The summed E-state index contributed by atoms with van der Waals surface area (Å²) in [7, 11) is -3.88. The largest absolute Gasteiger partial charge is 0.454 e. The normalized spacial score (nSPS) is 15.6. The van der Waals surface area contributed by atoms with Gasteiger partial charge in [-0.2, -0.15) is 4.72 Å². The lowest BCUT2D eigenvalue weighted by atomic mass is 10.2. The van der Waals surface area contributed by atoms with Crippen LogP contribution in [0.15, 0.2) is 53.4 Å². The predicted octanol–water partition coefficient (Wildman–Crippen LogP) is 1.99. The highest BCUT2D eigenvalue weighted by Gasteiger charge is 2.23. The summed E-state index contributed by atoms with van der Waals surface area (Å²) in [6.45, 7) is 9.89. The molecule has 3 rings (SSSR count). The van der Waals surface area contributed by atoms with Gasteiger partial charge in [0.2, 0.25) is 10.0 Å². The second-order valence-electron chi connectivity index (χ2n) is 8.28. The Kier molecular flexibility index (Phi) is 8.65. The van der Waals surface area contributed by atoms with Crippen LogP contribution in [0.4, 0.5) is 11.4 Å². The van der Waals surface area contributed by atoms with E-state index in [2.05, 4.69) is 26.8 Å². The number of anilines is 2. The van der Waals surface area contributed by atoms with Gasteiger partial charge in [-0.3, -0.25) is 9.59 Å². The maximum atomic E-state index is 12.4. The summed E-state index contributed by atoms with van der Waals surface area (Å²) in [6, 6.07) is 12.6. The van der Waals surface area contributed by atoms with Crippen LogP contribution in [0.5, 0.6) is 0 Å². The van der Waals surface area contributed by atoms with Crippen molar-refractivity contribution in [3.05, 3.63) is 54.1 Å². The molecule has 1 aliphatic rings. The van der Waals surface area contributed by atoms with Gasteiger partial charge in [0.25, 0.3) is 5.91 Å². The number of nitrogens with zero attached hydrogens (tertiary/aromatic N) is 2. The van der Waals surface area contributed by atoms with E-state index in [1.165, 1.54) is 19.1 Å². The first-order valence-corrected chi connectivity index (χ1v) is 12.8. The molecule has 0 aliphatic carbocycles. The molecule has 2 N–H and O–H groups in total. The van der Waals surface area contributed by atoms with Crippen molar-refractivity contribution in [3.8, 4) is 0 Å². The van der Waals surface area contributed by atoms with Gasteiger partial charge >= 0.3 is 5.97 Å². The fourth-order valence-corrected chi connectivity index (χ4v) is 4.80. The van der Waals surface area contributed by atoms with Gasteiger partial charge in [0.05, 0.1) is 4.90 Å². The van der Waals surface area contributed by atoms with E-state index in [-0.39, 0.29) is 4.90 Å². The van der Waals surface area contributed by atoms with Crippen LogP contribution in [-0.2, 0) is 24.3 Å². The first-order chi connectivity index (χ1) is 16.2. The van der Waals surface area contributed by atoms with E-state index >= 15 is 0 Å². The van der Waals surface area contributed by atoms with E-state index < -0.39 is 34.5 Å². The molecule has 1 fully saturated rings. The fraction of sp³-hybridized carbons (Fsp3) is 0.417. The first-order valence-electron chi connectivity index (χ1n) is 11.3. The third kappa shape index (κ3) is 7.02. The minimum Gasteiger partial charge on any atom is -0.454 e. The minimum atomic E-state index is -3.88. The number of piperazine rings is 1. The van der Waals surface area contributed by atoms with Crippen molar-refractivity contribution < 1.29 is 22.7 Å². The zero-order valence-electron chi connectivity index (χ0n) is 19.8. The van der Waals surface area contributed by atoms with Crippen LogP contribution in [-0.4, -0.2) is 70.6 Å². The average molecular weight is 489 g/mol. The number of sulfonamides is 1. The Morgan fingerprint density at radius 3 is 2.21 bits per heavy atom. The molecule has 2 aromatic carbocycles. The number of carbonyl (C=O) groups is 2. The lowest BCUT2D eigenvalue weighted by Crippen LogP contribution is -2.46. The van der Waals surface area contributed by atoms with Crippen molar-refractivity contribution in [3.63, 3.8) is 0 Å². The molecule has 34 heavy (non-hydrogen) atoms. The number of hydrogen-bond acceptors (Lipinski definition) is 7. The Morgan fingerprint density at radius 1 is 1.00 bits per heavy atom. The number of amides is 1. The molecule has 0 spiro atoms. The third-order valence-corrected chi connectivity index (χ3v) is 7.25. The maximum Gasteiger partial charge on any atom is 0.324 e. The van der Waals surface area contributed by atoms with Crippen molar-refractivity contribution in [2.75, 3.05) is 49.5 Å². The second kappa shape index (κ2) is 11.5. The summed E-state index contributed by atoms with van der Waals surface area (Å²) in [5, 5.41) is 2.68. The molecule has 1 heterocycles. The van der Waals surface area contributed by atoms with Gasteiger partial charge in [0.15, 0.2) is 6.61 Å². The van der Waals surface area contributed by atoms with Gasteiger partial charge in [-0.25, -0.2) is 8.42 Å². The number of nitrogens with one attached hydrogen (secondary N) is 2. The lowest BCUT2D eigenvalue weighted by molar-refractivity contribution is -0.148. The summed E-state index contributed by atoms with van der Waals surface area (Å²) in [6.07, 6.45) is 0. The number of rotatable bonds is 9. The average Bonchev–Trinajstić information content (AvgIpc) is 2.83. The van der Waals surface area contributed by atoms with Crippen molar-refractivity contribution in [1.29, 1.82) is 0 Å². The van der Waals surface area contributed by atoms with Crippen molar-refractivity contribution in [1.82, 2.24) is 9.62 Å². The molecule has 0 aromatic heterocycles. The molecular weight excluding hydrogens is 456 g/mol. The molecule has 1 saturated heterocycles. The van der Waals surface area contributed by atoms with Gasteiger partial charge < -0.3 is 19.9 Å². The van der Waals surface area contributed by atoms with Crippen LogP contribution in [0, 0.1) is 6.92 Å². The first kappa shape index (κ1) is 25.7. The van der Waals surface area contributed by atoms with E-state index in [1.54, 1.807) is 24.3 Å². The molecular formula is C24H32N4O5S. The molecule has 0 unspecified atom stereocenters. The van der Waals surface area contributed by atoms with Crippen LogP contribution in [0.1, 0.15) is 19.4 Å². The predicted molar refractivity (Wildman–Crippen MR) is 131 cm³/mol. The summed E-state index contributed by atoms with van der Waals surface area (Å²) in [5.74, 6) is -1.35. The Morgan fingerprint density at radius 2 is 1.62 bits per heavy atom. The van der Waals surface area contributed by atoms with E-state index in [0.717, 1.165) is 44.0 Å². The molecule has 10 heteroatoms. The molecule has 0 bridgehead atoms. The second-order valence-corrected chi connectivity index (χ2v) is 9.99. The van der Waals surface area contributed by atoms with Gasteiger partial charge in [-0.1, -0.05) is 24.6 Å². The summed E-state index contributed by atoms with van der Waals surface area (Å²) in [5.41, 5.74) is 2.60. The van der Waals surface area contributed by atoms with Crippen LogP contribution in [0.2, 0.25) is 0 Å². The zero-order valence-corrected chi connectivity index (χ0v) is 20.6. The SMILES string of the molecule is CCN1CCN(c2ccc(NC(=O)COC(=O)[C@H](C)NS(=O)(=O)c3ccc(C)cc3)cc2)CC1. The molecule has 1 aliphatic heterocycles. The topological polar surface area (TPSA) is 108 Å². The van der Waals surface area contributed by atoms with E-state index in [0.29, 0.717) is 5.69 Å². The standard InChI is InChI=1S/C24H32N4O5S/c1-4-27-13-15-28(16-14-27)21-9-7-20(8-10-21)25-23(29)17-33-24(30)19(3)26-34(31,32)22-11-5-18(2)6-12-22/h5-12,19,26H,4,13-17H2,1-3H3,(H,25,29)/t19-/m0/s1. The van der Waals surface area contributed by atoms with Crippen molar-refractivity contribution >= 4 is 33.3 Å². The number of benzene rings is 2. The zero-order chi connectivity index (χ0) is 24.7. The van der Waals surface area contributed by atoms with Gasteiger partial charge in [0.1, 0.15) is 6.04 Å². The third-order valence-electron chi connectivity index (χ3n) is 5.70. The highest BCUT2D eigenvalue weighted by atomic mass is 32.2. The highest BCUT2D eigenvalue weighted by molar-refractivity contribution is 7.89. The van der Waals surface area contributed by atoms with Crippen LogP contribution >= 0.6 is 0 Å². The maximum absolute atomic E-state index is 12.4. The quantitative estimate of drug-likeness (QED) is 0.520. The summed E-state index contributed by atoms with van der Waals surface area (Å²) >= 11 is 0. The highest BCUT2D eigenvalue weighted by Crippen LogP contribution is 2.19. The van der Waals surface area contributed by atoms with Crippen molar-refractivity contribution in [2.45, 2.75) is 31.7 Å². The number of ether oxygens (including phenoxy) is 1. The van der Waals surface area contributed by atoms with E-state index in [1.807, 2.05) is 19.1 Å². The molecule has 2 aromatic rings. The summed E-state index contributed by atoms with van der Waals surface area (Å²) < 4.78 is 32.1. The number of esters is 1. The van der Waals surface area contributed by atoms with Gasteiger partial charge in [0, 0.05) is 37.6 Å². The summed E-state index contributed by atoms with van der Waals surface area (Å²) in [4.78, 5) is 29.1. The molecule has 9 nitrogen and oxygen atoms in total. The van der Waals surface area contributed by atoms with Gasteiger partial charge in [-0.15, -0.1) is 0 Å². The Hall–Kier alpha value is -2.95. The molecule has 0 radical (unpaired) electrons. The fourth-order valence-electron chi connectivity index (χ4n) is 3.60. The smallest absolute Gasteiger partial charge is 0.324 e. The molecule has 0 saturated carbocycles. The Labute approximate surface area is 201 Å². The number of likely N-dealkylation sites (N-methyl/N-ethyl adjacent to an activating group) is 1. The van der Waals surface area contributed by atoms with Crippen molar-refractivity contribution in [2.24, 2.45) is 0 Å². The van der Waals surface area contributed by atoms with Crippen LogP contribution < -0.4 is 14.9 Å². The number of carbonyl (C=O) groups excluding carboxylic acids is 2. The molecule has 1 amide bonds. The number of aryl methyl sites for hydroxylation is 1. The van der Waals surface area contributed by atoms with Crippen LogP contribution in [0.25, 0.3) is 0 Å². The van der Waals surface area contributed by atoms with E-state index in [4.69, 9.17) is 4.74 Å². The molecule has 184 valence electrons. The number of hydrogen-bond donors (Lipinski definition) is 2. The molecule has 1 atom stereocenters. The minimum absolute atomic E-state index is 0.0474. The van der Waals surface area contributed by atoms with Crippen LogP contribution in [0.3, 0.4) is 0 Å². The monoisotopic (exact) mass is 488 g/mol.